The smallest absolute Gasteiger partial charge is 0.236 e. The van der Waals surface area contributed by atoms with Gasteiger partial charge in [-0.1, -0.05) is 55.1 Å². The molecule has 0 radical (unpaired) electrons. The number of nitrogens with zero attached hydrogens (tertiary/aromatic N) is 2. The van der Waals surface area contributed by atoms with Gasteiger partial charge in [0.1, 0.15) is 5.75 Å². The van der Waals surface area contributed by atoms with Gasteiger partial charge in [0, 0.05) is 9.68 Å². The van der Waals surface area contributed by atoms with E-state index in [-0.39, 0.29) is 29.0 Å². The molecule has 8 heteroatoms. The van der Waals surface area contributed by atoms with Crippen molar-refractivity contribution in [2.75, 3.05) is 11.5 Å². The molecule has 0 aliphatic carbocycles. The Morgan fingerprint density at radius 3 is 2.47 bits per heavy atom. The lowest BCUT2D eigenvalue weighted by molar-refractivity contribution is -0.154. The van der Waals surface area contributed by atoms with Gasteiger partial charge in [-0.3, -0.25) is 9.69 Å². The SMILES string of the molecule is COc1ccc(N=C2S[C@H](CI)C[C@@H]3[C@@H]([C@@H](C)O[Si](C)(C)C(C)(C)C)C(=O)N23)cc1. The lowest BCUT2D eigenvalue weighted by Crippen LogP contribution is -2.69. The molecule has 1 amide bonds. The number of thioether (sulfide) groups is 1. The molecule has 3 rings (SSSR count). The van der Waals surface area contributed by atoms with Crippen LogP contribution >= 0.6 is 34.4 Å². The lowest BCUT2D eigenvalue weighted by atomic mass is 9.81. The van der Waals surface area contributed by atoms with Crippen molar-refractivity contribution < 1.29 is 14.0 Å². The van der Waals surface area contributed by atoms with Crippen molar-refractivity contribution in [3.05, 3.63) is 24.3 Å². The third-order valence-electron chi connectivity index (χ3n) is 6.51. The van der Waals surface area contributed by atoms with Gasteiger partial charge in [0.2, 0.25) is 5.91 Å². The molecule has 0 bridgehead atoms. The van der Waals surface area contributed by atoms with Crippen LogP contribution < -0.4 is 4.74 Å². The first-order chi connectivity index (χ1) is 14.0. The molecule has 1 aromatic rings. The molecule has 2 heterocycles. The third kappa shape index (κ3) is 4.76. The van der Waals surface area contributed by atoms with Crippen molar-refractivity contribution in [1.29, 1.82) is 0 Å². The molecule has 0 saturated carbocycles. The van der Waals surface area contributed by atoms with E-state index in [0.717, 1.165) is 27.5 Å². The first-order valence-corrected chi connectivity index (χ1v) is 15.8. The van der Waals surface area contributed by atoms with Gasteiger partial charge in [-0.2, -0.15) is 0 Å². The van der Waals surface area contributed by atoms with Crippen molar-refractivity contribution in [3.63, 3.8) is 0 Å². The summed E-state index contributed by atoms with van der Waals surface area (Å²) in [4.78, 5) is 20.0. The highest BCUT2D eigenvalue weighted by Crippen LogP contribution is 2.46. The van der Waals surface area contributed by atoms with E-state index in [1.54, 1.807) is 18.9 Å². The zero-order valence-corrected chi connectivity index (χ0v) is 22.9. The van der Waals surface area contributed by atoms with Gasteiger partial charge in [0.05, 0.1) is 30.9 Å². The lowest BCUT2D eigenvalue weighted by Gasteiger charge is -2.54. The average Bonchev–Trinajstić information content (AvgIpc) is 2.66. The van der Waals surface area contributed by atoms with Crippen molar-refractivity contribution in [2.24, 2.45) is 10.9 Å². The van der Waals surface area contributed by atoms with Gasteiger partial charge in [-0.25, -0.2) is 4.99 Å². The number of rotatable bonds is 6. The number of fused-ring (bicyclic) bond motifs is 1. The Morgan fingerprint density at radius 1 is 1.30 bits per heavy atom. The average molecular weight is 561 g/mol. The third-order valence-corrected chi connectivity index (χ3v) is 13.9. The van der Waals surface area contributed by atoms with Crippen LogP contribution in [0.1, 0.15) is 34.1 Å². The van der Waals surface area contributed by atoms with E-state index in [0.29, 0.717) is 5.25 Å². The van der Waals surface area contributed by atoms with Crippen molar-refractivity contribution in [3.8, 4) is 5.75 Å². The van der Waals surface area contributed by atoms with Gasteiger partial charge in [0.25, 0.3) is 0 Å². The number of aliphatic imine (C=N–C) groups is 1. The zero-order chi connectivity index (χ0) is 22.3. The van der Waals surface area contributed by atoms with Gasteiger partial charge in [0.15, 0.2) is 13.5 Å². The van der Waals surface area contributed by atoms with Crippen LogP contribution in [0, 0.1) is 5.92 Å². The van der Waals surface area contributed by atoms with Crippen LogP contribution in [0.5, 0.6) is 5.75 Å². The molecule has 0 unspecified atom stereocenters. The maximum absolute atomic E-state index is 13.2. The highest BCUT2D eigenvalue weighted by molar-refractivity contribution is 14.1. The predicted octanol–water partition coefficient (Wildman–Crippen LogP) is 5.86. The Bertz CT molecular complexity index is 810. The predicted molar refractivity (Wildman–Crippen MR) is 137 cm³/mol. The number of hydrogen-bond donors (Lipinski definition) is 0. The first-order valence-electron chi connectivity index (χ1n) is 10.4. The summed E-state index contributed by atoms with van der Waals surface area (Å²) in [5, 5.41) is 1.40. The first kappa shape index (κ1) is 24.1. The minimum Gasteiger partial charge on any atom is -0.497 e. The monoisotopic (exact) mass is 560 g/mol. The number of carbonyl (C=O) groups excluding carboxylic acids is 1. The molecule has 166 valence electrons. The number of ether oxygens (including phenoxy) is 1. The molecule has 2 aliphatic rings. The van der Waals surface area contributed by atoms with E-state index < -0.39 is 8.32 Å². The number of halogens is 1. The van der Waals surface area contributed by atoms with E-state index in [1.807, 2.05) is 29.2 Å². The Labute approximate surface area is 199 Å². The van der Waals surface area contributed by atoms with Crippen LogP contribution in [0.2, 0.25) is 18.1 Å². The molecule has 30 heavy (non-hydrogen) atoms. The van der Waals surface area contributed by atoms with E-state index in [4.69, 9.17) is 14.2 Å². The van der Waals surface area contributed by atoms with Crippen molar-refractivity contribution in [1.82, 2.24) is 4.90 Å². The molecular formula is C22H33IN2O3SSi. The fourth-order valence-corrected chi connectivity index (χ4v) is 7.23. The molecule has 2 saturated heterocycles. The molecule has 1 aromatic carbocycles. The van der Waals surface area contributed by atoms with Crippen LogP contribution in [0.25, 0.3) is 0 Å². The van der Waals surface area contributed by atoms with Crippen molar-refractivity contribution >= 4 is 59.4 Å². The Morgan fingerprint density at radius 2 is 1.93 bits per heavy atom. The highest BCUT2D eigenvalue weighted by Gasteiger charge is 2.56. The van der Waals surface area contributed by atoms with Gasteiger partial charge < -0.3 is 9.16 Å². The molecule has 0 N–H and O–H groups in total. The molecule has 4 atom stereocenters. The van der Waals surface area contributed by atoms with E-state index in [2.05, 4.69) is 63.4 Å². The molecule has 5 nitrogen and oxygen atoms in total. The van der Waals surface area contributed by atoms with E-state index in [9.17, 15) is 4.79 Å². The van der Waals surface area contributed by atoms with Crippen LogP contribution in [0.4, 0.5) is 5.69 Å². The summed E-state index contributed by atoms with van der Waals surface area (Å²) in [6.45, 7) is 13.3. The zero-order valence-electron chi connectivity index (χ0n) is 18.9. The molecule has 0 aromatic heterocycles. The second-order valence-corrected chi connectivity index (χ2v) is 16.5. The minimum atomic E-state index is -1.93. The van der Waals surface area contributed by atoms with Crippen molar-refractivity contribution in [2.45, 2.75) is 69.6 Å². The summed E-state index contributed by atoms with van der Waals surface area (Å²) in [5.74, 6) is 0.874. The minimum absolute atomic E-state index is 0.0696. The molecule has 2 aliphatic heterocycles. The standard InChI is InChI=1S/C22H33IN2O3SSi/c1-14(28-30(6,7)22(2,3)4)19-18-12-17(13-23)29-21(25(18)20(19)26)24-15-8-10-16(27-5)11-9-15/h8-11,14,17-19H,12-13H2,1-7H3/t14-,17+,18-,19-/m1/s1. The number of methoxy groups -OCH3 is 1. The second kappa shape index (κ2) is 9.11. The van der Waals surface area contributed by atoms with Crippen LogP contribution in [-0.4, -0.2) is 53.2 Å². The number of β-lactam (4-membered cyclic amide) rings is 1. The fraction of sp³-hybridized carbons (Fsp3) is 0.636. The highest BCUT2D eigenvalue weighted by atomic mass is 127. The Hall–Kier alpha value is -0.583. The molecule has 2 fully saturated rings. The largest absolute Gasteiger partial charge is 0.497 e. The Kier molecular flexibility index (Phi) is 7.31. The van der Waals surface area contributed by atoms with Gasteiger partial charge >= 0.3 is 0 Å². The normalized spacial score (nSPS) is 26.9. The summed E-state index contributed by atoms with van der Waals surface area (Å²) in [7, 11) is -0.279. The number of amides is 1. The van der Waals surface area contributed by atoms with Gasteiger partial charge in [-0.15, -0.1) is 0 Å². The summed E-state index contributed by atoms with van der Waals surface area (Å²) in [6, 6.07) is 7.83. The second-order valence-electron chi connectivity index (χ2n) is 9.61. The number of hydrogen-bond acceptors (Lipinski definition) is 5. The van der Waals surface area contributed by atoms with Gasteiger partial charge in [-0.05, 0) is 55.7 Å². The van der Waals surface area contributed by atoms with Crippen LogP contribution in [0.15, 0.2) is 29.3 Å². The maximum Gasteiger partial charge on any atom is 0.236 e. The van der Waals surface area contributed by atoms with Crippen LogP contribution in [-0.2, 0) is 9.22 Å². The van der Waals surface area contributed by atoms with E-state index >= 15 is 0 Å². The molecule has 0 spiro atoms. The summed E-state index contributed by atoms with van der Waals surface area (Å²) in [5.41, 5.74) is 0.841. The number of carbonyl (C=O) groups is 1. The van der Waals surface area contributed by atoms with E-state index in [1.165, 1.54) is 0 Å². The summed E-state index contributed by atoms with van der Waals surface area (Å²) in [6.07, 6.45) is 0.927. The number of amidine groups is 1. The quantitative estimate of drug-likeness (QED) is 0.189. The summed E-state index contributed by atoms with van der Waals surface area (Å²) < 4.78 is 12.9. The van der Waals surface area contributed by atoms with Crippen LogP contribution in [0.3, 0.4) is 0 Å². The number of alkyl halides is 1. The Balaban J connectivity index is 1.81. The fourth-order valence-electron chi connectivity index (χ4n) is 3.75. The maximum atomic E-state index is 13.2. The number of benzene rings is 1. The summed E-state index contributed by atoms with van der Waals surface area (Å²) >= 11 is 4.16. The topological polar surface area (TPSA) is 51.1 Å². The molecular weight excluding hydrogens is 527 g/mol.